The lowest BCUT2D eigenvalue weighted by atomic mass is 9.92. The summed E-state index contributed by atoms with van der Waals surface area (Å²) in [4.78, 5) is 12.5. The lowest BCUT2D eigenvalue weighted by Gasteiger charge is -2.19. The number of carboxylic acid groups (broad SMARTS) is 1. The van der Waals surface area contributed by atoms with E-state index in [4.69, 9.17) is 5.11 Å². The third kappa shape index (κ3) is 3.49. The second-order valence-electron chi connectivity index (χ2n) is 5.31. The Morgan fingerprint density at radius 1 is 1.16 bits per heavy atom. The fraction of sp³-hybridized carbons (Fsp3) is 0.562. The second-order valence-corrected chi connectivity index (χ2v) is 5.31. The molecular formula is C16H23NO2. The molecular weight excluding hydrogens is 238 g/mol. The average Bonchev–Trinajstić information content (AvgIpc) is 2.69. The zero-order valence-corrected chi connectivity index (χ0v) is 11.6. The highest BCUT2D eigenvalue weighted by Crippen LogP contribution is 2.32. The summed E-state index contributed by atoms with van der Waals surface area (Å²) in [5.41, 5.74) is 2.14. The van der Waals surface area contributed by atoms with Crippen LogP contribution in [0.1, 0.15) is 56.9 Å². The first kappa shape index (κ1) is 13.9. The van der Waals surface area contributed by atoms with Crippen LogP contribution in [0.15, 0.2) is 24.3 Å². The van der Waals surface area contributed by atoms with Crippen molar-refractivity contribution in [1.82, 2.24) is 0 Å². The molecule has 0 aromatic heterocycles. The minimum absolute atomic E-state index is 0.484. The zero-order valence-electron chi connectivity index (χ0n) is 11.6. The Balaban J connectivity index is 2.10. The number of amides is 1. The van der Waals surface area contributed by atoms with E-state index in [0.717, 1.165) is 5.69 Å². The predicted molar refractivity (Wildman–Crippen MR) is 77.9 cm³/mol. The maximum Gasteiger partial charge on any atom is 0.411 e. The van der Waals surface area contributed by atoms with Crippen molar-refractivity contribution in [3.05, 3.63) is 29.8 Å². The highest BCUT2D eigenvalue weighted by molar-refractivity contribution is 5.85. The molecule has 1 aliphatic carbocycles. The minimum Gasteiger partial charge on any atom is -0.465 e. The summed E-state index contributed by atoms with van der Waals surface area (Å²) in [6.07, 6.45) is 7.02. The van der Waals surface area contributed by atoms with Gasteiger partial charge in [0.1, 0.15) is 0 Å². The van der Waals surface area contributed by atoms with E-state index in [-0.39, 0.29) is 0 Å². The van der Waals surface area contributed by atoms with Gasteiger partial charge >= 0.3 is 6.09 Å². The summed E-state index contributed by atoms with van der Waals surface area (Å²) < 4.78 is 0. The van der Waals surface area contributed by atoms with Crippen molar-refractivity contribution in [1.29, 1.82) is 0 Å². The molecule has 104 valence electrons. The molecule has 3 nitrogen and oxygen atoms in total. The molecule has 1 aromatic rings. The van der Waals surface area contributed by atoms with Gasteiger partial charge in [-0.15, -0.1) is 0 Å². The first-order chi connectivity index (χ1) is 9.22. The second kappa shape index (κ2) is 6.60. The molecule has 1 aromatic carbocycles. The van der Waals surface area contributed by atoms with Gasteiger partial charge in [-0.05, 0) is 43.4 Å². The lowest BCUT2D eigenvalue weighted by molar-refractivity contribution is 0.202. The van der Waals surface area contributed by atoms with Crippen LogP contribution in [-0.2, 0) is 0 Å². The highest BCUT2D eigenvalue weighted by atomic mass is 16.4. The maximum absolute atomic E-state index is 11.1. The first-order valence-corrected chi connectivity index (χ1v) is 7.32. The van der Waals surface area contributed by atoms with E-state index in [1.165, 1.54) is 49.0 Å². The smallest absolute Gasteiger partial charge is 0.411 e. The Labute approximate surface area is 115 Å². The molecule has 0 radical (unpaired) electrons. The van der Waals surface area contributed by atoms with Crippen LogP contribution in [0.25, 0.3) is 0 Å². The third-order valence-corrected chi connectivity index (χ3v) is 4.08. The van der Waals surface area contributed by atoms with Gasteiger partial charge < -0.3 is 5.11 Å². The molecule has 0 saturated heterocycles. The Morgan fingerprint density at radius 3 is 2.21 bits per heavy atom. The summed E-state index contributed by atoms with van der Waals surface area (Å²) in [7, 11) is 0. The summed E-state index contributed by atoms with van der Waals surface area (Å²) >= 11 is 0. The topological polar surface area (TPSA) is 40.5 Å². The van der Waals surface area contributed by atoms with Crippen molar-refractivity contribution in [3.63, 3.8) is 0 Å². The Hall–Kier alpha value is -1.51. The van der Waals surface area contributed by atoms with Crippen molar-refractivity contribution in [2.45, 2.75) is 51.4 Å². The van der Waals surface area contributed by atoms with Gasteiger partial charge in [0.05, 0.1) is 0 Å². The van der Waals surface area contributed by atoms with Gasteiger partial charge in [0.15, 0.2) is 0 Å². The van der Waals surface area contributed by atoms with Crippen LogP contribution in [0.5, 0.6) is 0 Å². The van der Waals surface area contributed by atoms with Crippen molar-refractivity contribution in [2.24, 2.45) is 0 Å². The quantitative estimate of drug-likeness (QED) is 0.806. The summed E-state index contributed by atoms with van der Waals surface area (Å²) in [6, 6.07) is 8.10. The number of benzene rings is 1. The standard InChI is InChI=1S/C16H23NO2/c1-2-17(16(18)19)15-11-9-14(10-12-15)13-7-5-3-4-6-8-13/h9-13H,2-8H2,1H3,(H,18,19). The molecule has 0 bridgehead atoms. The van der Waals surface area contributed by atoms with Crippen molar-refractivity contribution >= 4 is 11.8 Å². The fourth-order valence-corrected chi connectivity index (χ4v) is 2.97. The van der Waals surface area contributed by atoms with E-state index >= 15 is 0 Å². The summed E-state index contributed by atoms with van der Waals surface area (Å²) in [5.74, 6) is 0.663. The van der Waals surface area contributed by atoms with Crippen LogP contribution in [0.2, 0.25) is 0 Å². The SMILES string of the molecule is CCN(C(=O)O)c1ccc(C2CCCCCC2)cc1. The molecule has 2 rings (SSSR count). The van der Waals surface area contributed by atoms with Crippen LogP contribution < -0.4 is 4.90 Å². The van der Waals surface area contributed by atoms with Crippen LogP contribution in [0, 0.1) is 0 Å². The van der Waals surface area contributed by atoms with E-state index < -0.39 is 6.09 Å². The van der Waals surface area contributed by atoms with Gasteiger partial charge in [-0.3, -0.25) is 4.90 Å². The Bertz CT molecular complexity index is 405. The predicted octanol–water partition coefficient (Wildman–Crippen LogP) is 4.63. The maximum atomic E-state index is 11.1. The molecule has 0 unspecified atom stereocenters. The molecule has 3 heteroatoms. The number of nitrogens with zero attached hydrogens (tertiary/aromatic N) is 1. The molecule has 1 N–H and O–H groups in total. The summed E-state index contributed by atoms with van der Waals surface area (Å²) in [6.45, 7) is 2.34. The Morgan fingerprint density at radius 2 is 1.74 bits per heavy atom. The number of hydrogen-bond acceptors (Lipinski definition) is 1. The van der Waals surface area contributed by atoms with E-state index in [1.54, 1.807) is 0 Å². The molecule has 19 heavy (non-hydrogen) atoms. The van der Waals surface area contributed by atoms with Crippen LogP contribution in [-0.4, -0.2) is 17.7 Å². The molecule has 1 saturated carbocycles. The minimum atomic E-state index is -0.885. The Kier molecular flexibility index (Phi) is 4.83. The number of rotatable bonds is 3. The number of hydrogen-bond donors (Lipinski definition) is 1. The number of carbonyl (C=O) groups is 1. The zero-order chi connectivity index (χ0) is 13.7. The fourth-order valence-electron chi connectivity index (χ4n) is 2.97. The molecule has 0 spiro atoms. The molecule has 0 atom stereocenters. The van der Waals surface area contributed by atoms with E-state index in [1.807, 2.05) is 19.1 Å². The van der Waals surface area contributed by atoms with E-state index in [0.29, 0.717) is 12.5 Å². The van der Waals surface area contributed by atoms with Crippen LogP contribution in [0.4, 0.5) is 10.5 Å². The average molecular weight is 261 g/mol. The first-order valence-electron chi connectivity index (χ1n) is 7.32. The normalized spacial score (nSPS) is 16.9. The molecule has 0 aliphatic heterocycles. The van der Waals surface area contributed by atoms with Gasteiger partial charge in [0.2, 0.25) is 0 Å². The van der Waals surface area contributed by atoms with Crippen LogP contribution >= 0.6 is 0 Å². The van der Waals surface area contributed by atoms with Crippen molar-refractivity contribution in [3.8, 4) is 0 Å². The molecule has 0 heterocycles. The van der Waals surface area contributed by atoms with Gasteiger partial charge in [-0.2, -0.15) is 0 Å². The molecule has 1 fully saturated rings. The van der Waals surface area contributed by atoms with E-state index in [2.05, 4.69) is 12.1 Å². The number of anilines is 1. The highest BCUT2D eigenvalue weighted by Gasteiger charge is 2.16. The van der Waals surface area contributed by atoms with E-state index in [9.17, 15) is 4.79 Å². The summed E-state index contributed by atoms with van der Waals surface area (Å²) in [5, 5.41) is 9.11. The van der Waals surface area contributed by atoms with Crippen molar-refractivity contribution < 1.29 is 9.90 Å². The molecule has 1 amide bonds. The van der Waals surface area contributed by atoms with Crippen LogP contribution in [0.3, 0.4) is 0 Å². The van der Waals surface area contributed by atoms with Gasteiger partial charge in [-0.1, -0.05) is 37.8 Å². The lowest BCUT2D eigenvalue weighted by Crippen LogP contribution is -2.28. The third-order valence-electron chi connectivity index (χ3n) is 4.08. The van der Waals surface area contributed by atoms with Crippen molar-refractivity contribution in [2.75, 3.05) is 11.4 Å². The monoisotopic (exact) mass is 261 g/mol. The van der Waals surface area contributed by atoms with Gasteiger partial charge in [0, 0.05) is 12.2 Å². The van der Waals surface area contributed by atoms with Gasteiger partial charge in [0.25, 0.3) is 0 Å². The van der Waals surface area contributed by atoms with Gasteiger partial charge in [-0.25, -0.2) is 4.79 Å². The largest absolute Gasteiger partial charge is 0.465 e. The molecule has 1 aliphatic rings.